The molecular weight excluding hydrogens is 359 g/mol. The van der Waals surface area contributed by atoms with E-state index in [0.29, 0.717) is 24.7 Å². The van der Waals surface area contributed by atoms with Crippen molar-refractivity contribution in [1.82, 2.24) is 29.5 Å². The van der Waals surface area contributed by atoms with Crippen molar-refractivity contribution in [3.8, 4) is 0 Å². The maximum absolute atomic E-state index is 13.1. The van der Waals surface area contributed by atoms with Crippen molar-refractivity contribution in [1.29, 1.82) is 0 Å². The molecule has 4 rings (SSSR count). The molecule has 28 heavy (non-hydrogen) atoms. The monoisotopic (exact) mass is 386 g/mol. The highest BCUT2D eigenvalue weighted by molar-refractivity contribution is 5.92. The van der Waals surface area contributed by atoms with Crippen LogP contribution in [-0.2, 0) is 6.54 Å². The number of pyridine rings is 1. The maximum Gasteiger partial charge on any atom is 0.272 e. The molecule has 1 atom stereocenters. The number of carbonyl (C=O) groups is 1. The minimum Gasteiger partial charge on any atom is -0.337 e. The normalized spacial score (nSPS) is 22.1. The first-order chi connectivity index (χ1) is 13.5. The molecule has 0 aromatic carbocycles. The Morgan fingerprint density at radius 2 is 2.11 bits per heavy atom. The van der Waals surface area contributed by atoms with Crippen LogP contribution in [0.2, 0.25) is 0 Å². The second-order valence-corrected chi connectivity index (χ2v) is 8.15. The van der Waals surface area contributed by atoms with Gasteiger partial charge in [0.2, 0.25) is 0 Å². The molecule has 0 N–H and O–H groups in total. The predicted octanol–water partition coefficient (Wildman–Crippen LogP) is 2.17. The lowest BCUT2D eigenvalue weighted by Crippen LogP contribution is -2.46. The SMILES string of the molecule is CCCn1cnnc1C1CN(C)CC12CCN(C(=O)c1ccc(F)cn1)CC2. The second kappa shape index (κ2) is 7.58. The van der Waals surface area contributed by atoms with Gasteiger partial charge in [0.05, 0.1) is 6.20 Å². The van der Waals surface area contributed by atoms with Gasteiger partial charge >= 0.3 is 0 Å². The zero-order valence-corrected chi connectivity index (χ0v) is 16.5. The van der Waals surface area contributed by atoms with E-state index in [1.165, 1.54) is 12.1 Å². The van der Waals surface area contributed by atoms with Crippen molar-refractivity contribution in [2.45, 2.75) is 38.6 Å². The number of nitrogens with zero attached hydrogens (tertiary/aromatic N) is 6. The third-order valence-electron chi connectivity index (χ3n) is 6.23. The number of carbonyl (C=O) groups excluding carboxylic acids is 1. The van der Waals surface area contributed by atoms with Crippen LogP contribution >= 0.6 is 0 Å². The average Bonchev–Trinajstić information content (AvgIpc) is 3.27. The lowest BCUT2D eigenvalue weighted by atomic mass is 9.70. The molecular formula is C20H27FN6O. The number of likely N-dealkylation sites (tertiary alicyclic amines) is 2. The van der Waals surface area contributed by atoms with Gasteiger partial charge in [0, 0.05) is 38.6 Å². The number of halogens is 1. The van der Waals surface area contributed by atoms with Crippen LogP contribution in [0.1, 0.15) is 48.4 Å². The minimum atomic E-state index is -0.429. The van der Waals surface area contributed by atoms with Gasteiger partial charge in [-0.05, 0) is 43.9 Å². The number of hydrogen-bond acceptors (Lipinski definition) is 5. The molecule has 2 aliphatic heterocycles. The summed E-state index contributed by atoms with van der Waals surface area (Å²) in [5.74, 6) is 0.855. The van der Waals surface area contributed by atoms with E-state index in [1.807, 2.05) is 11.2 Å². The van der Waals surface area contributed by atoms with E-state index in [0.717, 1.165) is 50.9 Å². The molecule has 2 aliphatic rings. The van der Waals surface area contributed by atoms with Crippen LogP contribution in [0.15, 0.2) is 24.7 Å². The predicted molar refractivity (Wildman–Crippen MR) is 102 cm³/mol. The summed E-state index contributed by atoms with van der Waals surface area (Å²) in [7, 11) is 2.16. The van der Waals surface area contributed by atoms with Crippen LogP contribution in [0, 0.1) is 11.2 Å². The largest absolute Gasteiger partial charge is 0.337 e. The second-order valence-electron chi connectivity index (χ2n) is 8.15. The Morgan fingerprint density at radius 3 is 2.79 bits per heavy atom. The van der Waals surface area contributed by atoms with Gasteiger partial charge < -0.3 is 14.4 Å². The number of hydrogen-bond donors (Lipinski definition) is 0. The zero-order valence-electron chi connectivity index (χ0n) is 16.5. The first kappa shape index (κ1) is 19.0. The number of aryl methyl sites for hydroxylation is 1. The fourth-order valence-corrected chi connectivity index (χ4v) is 4.85. The minimum absolute atomic E-state index is 0.111. The quantitative estimate of drug-likeness (QED) is 0.806. The summed E-state index contributed by atoms with van der Waals surface area (Å²) in [5.41, 5.74) is 0.417. The summed E-state index contributed by atoms with van der Waals surface area (Å²) in [4.78, 5) is 20.9. The third kappa shape index (κ3) is 3.41. The fraction of sp³-hybridized carbons (Fsp3) is 0.600. The molecule has 2 saturated heterocycles. The number of likely N-dealkylation sites (N-methyl/N-ethyl adjacent to an activating group) is 1. The maximum atomic E-state index is 13.1. The molecule has 1 amide bonds. The standard InChI is InChI=1S/C20H27FN6O/c1-3-8-27-14-23-24-18(27)16-12-25(2)13-20(16)6-9-26(10-7-20)19(28)17-5-4-15(21)11-22-17/h4-5,11,14,16H,3,6-10,12-13H2,1-2H3. The average molecular weight is 386 g/mol. The van der Waals surface area contributed by atoms with Crippen molar-refractivity contribution < 1.29 is 9.18 Å². The van der Waals surface area contributed by atoms with Gasteiger partial charge in [-0.2, -0.15) is 0 Å². The molecule has 4 heterocycles. The Hall–Kier alpha value is -2.35. The number of piperidine rings is 1. The summed E-state index contributed by atoms with van der Waals surface area (Å²) < 4.78 is 15.3. The van der Waals surface area contributed by atoms with E-state index < -0.39 is 5.82 Å². The van der Waals surface area contributed by atoms with Crippen LogP contribution in [0.3, 0.4) is 0 Å². The molecule has 150 valence electrons. The molecule has 2 aromatic heterocycles. The Labute approximate surface area is 164 Å². The summed E-state index contributed by atoms with van der Waals surface area (Å²) in [6, 6.07) is 2.75. The van der Waals surface area contributed by atoms with Crippen molar-refractivity contribution >= 4 is 5.91 Å². The molecule has 0 aliphatic carbocycles. The van der Waals surface area contributed by atoms with Gasteiger partial charge in [-0.15, -0.1) is 10.2 Å². The first-order valence-electron chi connectivity index (χ1n) is 9.99. The Balaban J connectivity index is 1.50. The van der Waals surface area contributed by atoms with Crippen LogP contribution in [-0.4, -0.2) is 68.7 Å². The van der Waals surface area contributed by atoms with Crippen molar-refractivity contribution in [2.24, 2.45) is 5.41 Å². The summed E-state index contributed by atoms with van der Waals surface area (Å²) >= 11 is 0. The van der Waals surface area contributed by atoms with Crippen molar-refractivity contribution in [2.75, 3.05) is 33.2 Å². The highest BCUT2D eigenvalue weighted by Gasteiger charge is 2.50. The highest BCUT2D eigenvalue weighted by atomic mass is 19.1. The Morgan fingerprint density at radius 1 is 1.32 bits per heavy atom. The van der Waals surface area contributed by atoms with Gasteiger partial charge in [-0.1, -0.05) is 6.92 Å². The molecule has 1 spiro atoms. The van der Waals surface area contributed by atoms with Gasteiger partial charge in [0.15, 0.2) is 0 Å². The number of rotatable bonds is 4. The van der Waals surface area contributed by atoms with Crippen LogP contribution < -0.4 is 0 Å². The molecule has 1 unspecified atom stereocenters. The van der Waals surface area contributed by atoms with Gasteiger partial charge in [-0.3, -0.25) is 4.79 Å². The van der Waals surface area contributed by atoms with E-state index in [-0.39, 0.29) is 11.3 Å². The van der Waals surface area contributed by atoms with Gasteiger partial charge in [-0.25, -0.2) is 9.37 Å². The van der Waals surface area contributed by atoms with Crippen molar-refractivity contribution in [3.05, 3.63) is 42.0 Å². The molecule has 8 heteroatoms. The molecule has 0 radical (unpaired) electrons. The van der Waals surface area contributed by atoms with Crippen molar-refractivity contribution in [3.63, 3.8) is 0 Å². The number of amides is 1. The van der Waals surface area contributed by atoms with E-state index in [2.05, 4.69) is 38.6 Å². The number of aromatic nitrogens is 4. The highest BCUT2D eigenvalue weighted by Crippen LogP contribution is 2.49. The van der Waals surface area contributed by atoms with Gasteiger partial charge in [0.25, 0.3) is 5.91 Å². The van der Waals surface area contributed by atoms with Gasteiger partial charge in [0.1, 0.15) is 23.7 Å². The van der Waals surface area contributed by atoms with E-state index in [1.54, 1.807) is 0 Å². The van der Waals surface area contributed by atoms with E-state index in [4.69, 9.17) is 0 Å². The van der Waals surface area contributed by atoms with Crippen LogP contribution in [0.5, 0.6) is 0 Å². The lowest BCUT2D eigenvalue weighted by Gasteiger charge is -2.42. The summed E-state index contributed by atoms with van der Waals surface area (Å²) in [5, 5.41) is 8.64. The summed E-state index contributed by atoms with van der Waals surface area (Å²) in [6.07, 6.45) is 5.83. The molecule has 0 bridgehead atoms. The van der Waals surface area contributed by atoms with E-state index >= 15 is 0 Å². The fourth-order valence-electron chi connectivity index (χ4n) is 4.85. The van der Waals surface area contributed by atoms with Crippen LogP contribution in [0.4, 0.5) is 4.39 Å². The Kier molecular flexibility index (Phi) is 5.14. The third-order valence-corrected chi connectivity index (χ3v) is 6.23. The zero-order chi connectivity index (χ0) is 19.7. The summed E-state index contributed by atoms with van der Waals surface area (Å²) in [6.45, 7) is 6.44. The van der Waals surface area contributed by atoms with E-state index in [9.17, 15) is 9.18 Å². The molecule has 0 saturated carbocycles. The molecule has 2 aromatic rings. The Bertz CT molecular complexity index is 827. The van der Waals surface area contributed by atoms with Crippen LogP contribution in [0.25, 0.3) is 0 Å². The first-order valence-corrected chi connectivity index (χ1v) is 9.99. The molecule has 2 fully saturated rings. The topological polar surface area (TPSA) is 67.2 Å². The molecule has 7 nitrogen and oxygen atoms in total. The smallest absolute Gasteiger partial charge is 0.272 e. The lowest BCUT2D eigenvalue weighted by molar-refractivity contribution is 0.0555.